The first-order valence-corrected chi connectivity index (χ1v) is 8.87. The van der Waals surface area contributed by atoms with E-state index in [-0.39, 0.29) is 0 Å². The van der Waals surface area contributed by atoms with Crippen molar-refractivity contribution in [2.75, 3.05) is 18.0 Å². The van der Waals surface area contributed by atoms with Crippen LogP contribution in [-0.2, 0) is 0 Å². The van der Waals surface area contributed by atoms with Crippen LogP contribution in [0.15, 0.2) is 0 Å². The summed E-state index contributed by atoms with van der Waals surface area (Å²) in [6.45, 7) is 2.30. The molecule has 2 atom stereocenters. The summed E-state index contributed by atoms with van der Waals surface area (Å²) in [5.74, 6) is 2.39. The Morgan fingerprint density at radius 1 is 1.10 bits per heavy atom. The minimum absolute atomic E-state index is 0.576. The molecule has 3 nitrogen and oxygen atoms in total. The average Bonchev–Trinajstić information content (AvgIpc) is 3.26. The van der Waals surface area contributed by atoms with E-state index < -0.39 is 0 Å². The van der Waals surface area contributed by atoms with E-state index in [0.717, 1.165) is 40.4 Å². The van der Waals surface area contributed by atoms with Gasteiger partial charge in [-0.25, -0.2) is 4.98 Å². The summed E-state index contributed by atoms with van der Waals surface area (Å²) in [5.41, 5.74) is 1.09. The summed E-state index contributed by atoms with van der Waals surface area (Å²) in [5, 5.41) is 1.11. The maximum absolute atomic E-state index is 11.2. The third-order valence-electron chi connectivity index (χ3n) is 5.30. The lowest BCUT2D eigenvalue weighted by molar-refractivity contribution is 0.112. The van der Waals surface area contributed by atoms with Gasteiger partial charge in [-0.3, -0.25) is 4.79 Å². The highest BCUT2D eigenvalue weighted by atomic mass is 32.1. The molecule has 4 rings (SSSR count). The van der Waals surface area contributed by atoms with Gasteiger partial charge >= 0.3 is 0 Å². The molecule has 4 heteroatoms. The van der Waals surface area contributed by atoms with Crippen molar-refractivity contribution >= 4 is 22.8 Å². The normalized spacial score (nSPS) is 30.1. The van der Waals surface area contributed by atoms with Crippen LogP contribution in [0.2, 0.25) is 0 Å². The second kappa shape index (κ2) is 5.14. The molecule has 3 fully saturated rings. The molecule has 20 heavy (non-hydrogen) atoms. The number of carbonyl (C=O) groups is 1. The van der Waals surface area contributed by atoms with Gasteiger partial charge in [-0.2, -0.15) is 0 Å². The number of thiazole rings is 1. The number of aldehydes is 1. The summed E-state index contributed by atoms with van der Waals surface area (Å²) in [6.07, 6.45) is 10.4. The van der Waals surface area contributed by atoms with E-state index in [0.29, 0.717) is 5.92 Å². The third kappa shape index (κ3) is 2.28. The predicted molar refractivity (Wildman–Crippen MR) is 81.8 cm³/mol. The van der Waals surface area contributed by atoms with Crippen molar-refractivity contribution in [1.82, 2.24) is 4.98 Å². The van der Waals surface area contributed by atoms with Gasteiger partial charge in [0.2, 0.25) is 0 Å². The summed E-state index contributed by atoms with van der Waals surface area (Å²) >= 11 is 1.62. The Morgan fingerprint density at radius 2 is 1.90 bits per heavy atom. The number of rotatable bonds is 3. The zero-order valence-electron chi connectivity index (χ0n) is 11.9. The molecule has 1 aromatic heterocycles. The van der Waals surface area contributed by atoms with Crippen LogP contribution in [0.5, 0.6) is 0 Å². The molecule has 2 saturated carbocycles. The molecule has 2 aliphatic carbocycles. The fraction of sp³-hybridized carbons (Fsp3) is 0.750. The number of nitrogens with zero attached hydrogens (tertiary/aromatic N) is 2. The number of piperidine rings is 1. The monoisotopic (exact) mass is 290 g/mol. The molecule has 1 saturated heterocycles. The molecule has 2 unspecified atom stereocenters. The van der Waals surface area contributed by atoms with Crippen molar-refractivity contribution in [3.8, 4) is 0 Å². The molecule has 1 aromatic rings. The van der Waals surface area contributed by atoms with E-state index in [1.165, 1.54) is 51.5 Å². The van der Waals surface area contributed by atoms with E-state index in [4.69, 9.17) is 4.98 Å². The molecular formula is C16H22N2OS. The molecule has 3 aliphatic rings. The van der Waals surface area contributed by atoms with Crippen molar-refractivity contribution in [2.45, 2.75) is 50.9 Å². The number of hydrogen-bond donors (Lipinski definition) is 0. The van der Waals surface area contributed by atoms with Gasteiger partial charge < -0.3 is 4.90 Å². The first-order valence-electron chi connectivity index (χ1n) is 8.06. The first kappa shape index (κ1) is 12.8. The van der Waals surface area contributed by atoms with Gasteiger partial charge in [-0.05, 0) is 37.5 Å². The predicted octanol–water partition coefficient (Wildman–Crippen LogP) is 3.85. The van der Waals surface area contributed by atoms with Gasteiger partial charge in [-0.15, -0.1) is 0 Å². The lowest BCUT2D eigenvalue weighted by Gasteiger charge is -2.41. The lowest BCUT2D eigenvalue weighted by atomic mass is 9.75. The number of anilines is 1. The van der Waals surface area contributed by atoms with Crippen LogP contribution < -0.4 is 4.90 Å². The smallest absolute Gasteiger partial charge is 0.186 e. The SMILES string of the molecule is O=Cc1sc(N2CCC3CCCCC3C2)nc1C1CC1. The van der Waals surface area contributed by atoms with Gasteiger partial charge in [0.05, 0.1) is 10.6 Å². The van der Waals surface area contributed by atoms with E-state index in [2.05, 4.69) is 4.90 Å². The minimum Gasteiger partial charge on any atom is -0.348 e. The molecule has 2 heterocycles. The maximum Gasteiger partial charge on any atom is 0.186 e. The van der Waals surface area contributed by atoms with Crippen LogP contribution in [0.1, 0.15) is 66.2 Å². The molecule has 0 aromatic carbocycles. The van der Waals surface area contributed by atoms with Crippen LogP contribution in [0, 0.1) is 11.8 Å². The Morgan fingerprint density at radius 3 is 2.65 bits per heavy atom. The van der Waals surface area contributed by atoms with Gasteiger partial charge in [-0.1, -0.05) is 30.6 Å². The summed E-state index contributed by atoms with van der Waals surface area (Å²) in [7, 11) is 0. The second-order valence-electron chi connectivity index (χ2n) is 6.68. The Bertz CT molecular complexity index is 509. The van der Waals surface area contributed by atoms with Gasteiger partial charge in [0, 0.05) is 19.0 Å². The van der Waals surface area contributed by atoms with E-state index in [1.807, 2.05) is 0 Å². The summed E-state index contributed by atoms with van der Waals surface area (Å²) in [4.78, 5) is 19.4. The van der Waals surface area contributed by atoms with E-state index in [9.17, 15) is 4.79 Å². The quantitative estimate of drug-likeness (QED) is 0.793. The largest absolute Gasteiger partial charge is 0.348 e. The van der Waals surface area contributed by atoms with Crippen molar-refractivity contribution in [2.24, 2.45) is 11.8 Å². The number of fused-ring (bicyclic) bond motifs is 1. The summed E-state index contributed by atoms with van der Waals surface area (Å²) < 4.78 is 0. The molecule has 1 aliphatic heterocycles. The number of carbonyl (C=O) groups excluding carboxylic acids is 1. The Kier molecular flexibility index (Phi) is 3.29. The maximum atomic E-state index is 11.2. The summed E-state index contributed by atoms with van der Waals surface area (Å²) in [6, 6.07) is 0. The van der Waals surface area contributed by atoms with Crippen molar-refractivity contribution in [3.05, 3.63) is 10.6 Å². The second-order valence-corrected chi connectivity index (χ2v) is 7.69. The van der Waals surface area contributed by atoms with Crippen LogP contribution >= 0.6 is 11.3 Å². The van der Waals surface area contributed by atoms with Crippen LogP contribution in [0.3, 0.4) is 0 Å². The molecule has 0 N–H and O–H groups in total. The molecular weight excluding hydrogens is 268 g/mol. The highest BCUT2D eigenvalue weighted by Gasteiger charge is 2.34. The average molecular weight is 290 g/mol. The Balaban J connectivity index is 1.53. The zero-order valence-corrected chi connectivity index (χ0v) is 12.7. The fourth-order valence-electron chi connectivity index (χ4n) is 3.98. The van der Waals surface area contributed by atoms with E-state index >= 15 is 0 Å². The zero-order chi connectivity index (χ0) is 13.5. The Hall–Kier alpha value is -0.900. The molecule has 0 bridgehead atoms. The molecule has 0 amide bonds. The van der Waals surface area contributed by atoms with Crippen molar-refractivity contribution < 1.29 is 4.79 Å². The van der Waals surface area contributed by atoms with Crippen LogP contribution in [0.4, 0.5) is 5.13 Å². The third-order valence-corrected chi connectivity index (χ3v) is 6.36. The van der Waals surface area contributed by atoms with Crippen LogP contribution in [-0.4, -0.2) is 24.4 Å². The molecule has 0 spiro atoms. The highest BCUT2D eigenvalue weighted by molar-refractivity contribution is 7.17. The number of hydrogen-bond acceptors (Lipinski definition) is 4. The van der Waals surface area contributed by atoms with Crippen molar-refractivity contribution in [1.29, 1.82) is 0 Å². The van der Waals surface area contributed by atoms with Gasteiger partial charge in [0.15, 0.2) is 11.4 Å². The van der Waals surface area contributed by atoms with Crippen molar-refractivity contribution in [3.63, 3.8) is 0 Å². The Labute approximate surface area is 124 Å². The molecule has 0 radical (unpaired) electrons. The van der Waals surface area contributed by atoms with Crippen LogP contribution in [0.25, 0.3) is 0 Å². The first-order chi connectivity index (χ1) is 9.85. The topological polar surface area (TPSA) is 33.2 Å². The standard InChI is InChI=1S/C16H22N2OS/c19-10-14-15(12-5-6-12)17-16(20-14)18-8-7-11-3-1-2-4-13(11)9-18/h10-13H,1-9H2. The fourth-order valence-corrected chi connectivity index (χ4v) is 4.98. The van der Waals surface area contributed by atoms with E-state index in [1.54, 1.807) is 11.3 Å². The molecule has 108 valence electrons. The minimum atomic E-state index is 0.576. The highest BCUT2D eigenvalue weighted by Crippen LogP contribution is 2.45. The lowest BCUT2D eigenvalue weighted by Crippen LogP contribution is -2.41. The van der Waals surface area contributed by atoms with Gasteiger partial charge in [0.25, 0.3) is 0 Å². The van der Waals surface area contributed by atoms with Gasteiger partial charge in [0.1, 0.15) is 0 Å². The number of aromatic nitrogens is 1.